The Morgan fingerprint density at radius 2 is 1.59 bits per heavy atom. The number of carbonyl (C=O) groups excluding carboxylic acids is 1. The Morgan fingerprint density at radius 1 is 0.951 bits per heavy atom. The predicted octanol–water partition coefficient (Wildman–Crippen LogP) is 5.92. The summed E-state index contributed by atoms with van der Waals surface area (Å²) in [7, 11) is 0. The van der Waals surface area contributed by atoms with E-state index in [0.717, 1.165) is 37.0 Å². The lowest BCUT2D eigenvalue weighted by Crippen LogP contribution is -2.51. The molecule has 1 aromatic heterocycles. The number of nitrogens with two attached hydrogens (primary N) is 2. The number of primary amides is 1. The first kappa shape index (κ1) is 28.4. The van der Waals surface area contributed by atoms with Gasteiger partial charge in [-0.05, 0) is 48.2 Å². The number of halogens is 3. The van der Waals surface area contributed by atoms with Gasteiger partial charge in [-0.25, -0.2) is 9.78 Å². The van der Waals surface area contributed by atoms with Crippen molar-refractivity contribution < 1.29 is 18.0 Å². The van der Waals surface area contributed by atoms with E-state index in [4.69, 9.17) is 16.5 Å². The van der Waals surface area contributed by atoms with Gasteiger partial charge < -0.3 is 16.4 Å². The summed E-state index contributed by atoms with van der Waals surface area (Å²) in [6, 6.07) is 17.8. The maximum absolute atomic E-state index is 14.0. The summed E-state index contributed by atoms with van der Waals surface area (Å²) in [5.41, 5.74) is 13.4. The predicted molar refractivity (Wildman–Crippen MR) is 151 cm³/mol. The number of urea groups is 1. The molecule has 1 aliphatic rings. The minimum absolute atomic E-state index is 0.153. The van der Waals surface area contributed by atoms with Crippen LogP contribution >= 0.6 is 0 Å². The number of amides is 2. The van der Waals surface area contributed by atoms with Gasteiger partial charge >= 0.3 is 12.2 Å². The fourth-order valence-corrected chi connectivity index (χ4v) is 5.77. The maximum Gasteiger partial charge on any atom is 0.416 e. The van der Waals surface area contributed by atoms with Crippen molar-refractivity contribution in [2.24, 2.45) is 11.5 Å². The Balaban J connectivity index is 1.73. The highest BCUT2D eigenvalue weighted by molar-refractivity contribution is 5.78. The van der Waals surface area contributed by atoms with E-state index in [1.54, 1.807) is 24.3 Å². The summed E-state index contributed by atoms with van der Waals surface area (Å²) in [4.78, 5) is 33.5. The van der Waals surface area contributed by atoms with E-state index >= 15 is 0 Å². The normalized spacial score (nSPS) is 15.9. The SMILES string of the molecule is NC(=O)N(C1CCCCC1)C(c1nc2ccccc2c(=O)n1Cc1ccccc1)C(N)c1ccc(C(F)(F)F)cc1. The minimum atomic E-state index is -4.51. The van der Waals surface area contributed by atoms with Crippen LogP contribution in [0.15, 0.2) is 83.7 Å². The van der Waals surface area contributed by atoms with Crippen molar-refractivity contribution >= 4 is 16.9 Å². The van der Waals surface area contributed by atoms with Crippen LogP contribution in [0.2, 0.25) is 0 Å². The largest absolute Gasteiger partial charge is 0.416 e. The lowest BCUT2D eigenvalue weighted by atomic mass is 9.90. The third-order valence-electron chi connectivity index (χ3n) is 7.82. The quantitative estimate of drug-likeness (QED) is 0.291. The molecule has 2 atom stereocenters. The van der Waals surface area contributed by atoms with Crippen LogP contribution < -0.4 is 17.0 Å². The Kier molecular flexibility index (Phi) is 8.12. The van der Waals surface area contributed by atoms with Crippen molar-refractivity contribution in [2.45, 2.75) is 63.0 Å². The average molecular weight is 564 g/mol. The fourth-order valence-electron chi connectivity index (χ4n) is 5.77. The number of nitrogens with zero attached hydrogens (tertiary/aromatic N) is 3. The topological polar surface area (TPSA) is 107 Å². The van der Waals surface area contributed by atoms with Crippen LogP contribution in [0.5, 0.6) is 0 Å². The van der Waals surface area contributed by atoms with Gasteiger partial charge in [-0.15, -0.1) is 0 Å². The number of alkyl halides is 3. The smallest absolute Gasteiger partial charge is 0.351 e. The first-order valence-electron chi connectivity index (χ1n) is 13.7. The van der Waals surface area contributed by atoms with E-state index in [9.17, 15) is 22.8 Å². The van der Waals surface area contributed by atoms with Gasteiger partial charge in [0.05, 0.1) is 29.1 Å². The molecule has 4 aromatic rings. The van der Waals surface area contributed by atoms with Gasteiger partial charge in [0.25, 0.3) is 5.56 Å². The summed E-state index contributed by atoms with van der Waals surface area (Å²) in [6.45, 7) is 0.153. The van der Waals surface area contributed by atoms with Gasteiger partial charge in [-0.3, -0.25) is 9.36 Å². The summed E-state index contributed by atoms with van der Waals surface area (Å²) < 4.78 is 41.5. The number of benzene rings is 3. The molecule has 7 nitrogen and oxygen atoms in total. The van der Waals surface area contributed by atoms with Gasteiger partial charge in [0.15, 0.2) is 0 Å². The monoisotopic (exact) mass is 563 g/mol. The van der Waals surface area contributed by atoms with Crippen LogP contribution in [0.25, 0.3) is 10.9 Å². The van der Waals surface area contributed by atoms with Gasteiger partial charge in [-0.2, -0.15) is 13.2 Å². The zero-order valence-electron chi connectivity index (χ0n) is 22.4. The molecular weight excluding hydrogens is 531 g/mol. The van der Waals surface area contributed by atoms with Crippen LogP contribution in [0, 0.1) is 0 Å². The van der Waals surface area contributed by atoms with Gasteiger partial charge in [0, 0.05) is 6.04 Å². The van der Waals surface area contributed by atoms with Crippen LogP contribution in [-0.2, 0) is 12.7 Å². The highest BCUT2D eigenvalue weighted by Crippen LogP contribution is 2.38. The van der Waals surface area contributed by atoms with Crippen LogP contribution in [0.3, 0.4) is 0 Å². The number of aromatic nitrogens is 2. The Bertz CT molecular complexity index is 1570. The van der Waals surface area contributed by atoms with Crippen molar-refractivity contribution in [1.29, 1.82) is 0 Å². The van der Waals surface area contributed by atoms with Crippen LogP contribution in [0.1, 0.15) is 66.7 Å². The van der Waals surface area contributed by atoms with E-state index in [0.29, 0.717) is 29.3 Å². The molecule has 1 saturated carbocycles. The second kappa shape index (κ2) is 11.7. The minimum Gasteiger partial charge on any atom is -0.351 e. The van der Waals surface area contributed by atoms with Gasteiger partial charge in [0.1, 0.15) is 11.9 Å². The molecule has 1 fully saturated rings. The molecule has 0 bridgehead atoms. The van der Waals surface area contributed by atoms with Gasteiger partial charge in [0.2, 0.25) is 0 Å². The molecule has 1 aliphatic carbocycles. The molecule has 5 rings (SSSR count). The number of carbonyl (C=O) groups is 1. The van der Waals surface area contributed by atoms with Crippen molar-refractivity contribution in [3.63, 3.8) is 0 Å². The Labute approximate surface area is 235 Å². The zero-order chi connectivity index (χ0) is 29.1. The molecule has 4 N–H and O–H groups in total. The standard InChI is InChI=1S/C31H32F3N5O2/c32-31(33,34)22-17-15-21(16-18-22)26(35)27(39(30(36)41)23-11-5-2-6-12-23)28-37-25-14-8-7-13-24(25)29(40)38(28)19-20-9-3-1-4-10-20/h1,3-4,7-10,13-18,23,26-27H,2,5-6,11-12,19,35H2,(H2,36,41). The number of fused-ring (bicyclic) bond motifs is 1. The van der Waals surface area contributed by atoms with E-state index in [2.05, 4.69) is 0 Å². The highest BCUT2D eigenvalue weighted by Gasteiger charge is 2.39. The van der Waals surface area contributed by atoms with E-state index in [-0.39, 0.29) is 24.0 Å². The number of hydrogen-bond acceptors (Lipinski definition) is 4. The summed E-state index contributed by atoms with van der Waals surface area (Å²) >= 11 is 0. The molecule has 2 unspecified atom stereocenters. The fraction of sp³-hybridized carbons (Fsp3) is 0.323. The molecule has 0 radical (unpaired) electrons. The van der Waals surface area contributed by atoms with Crippen molar-refractivity contribution in [2.75, 3.05) is 0 Å². The Hall–Kier alpha value is -4.18. The van der Waals surface area contributed by atoms with Crippen LogP contribution in [-0.4, -0.2) is 26.5 Å². The maximum atomic E-state index is 14.0. The molecule has 2 amide bonds. The molecule has 10 heteroatoms. The number of hydrogen-bond donors (Lipinski definition) is 2. The lowest BCUT2D eigenvalue weighted by Gasteiger charge is -2.41. The first-order valence-corrected chi connectivity index (χ1v) is 13.7. The van der Waals surface area contributed by atoms with Crippen molar-refractivity contribution in [3.05, 3.63) is 112 Å². The molecular formula is C31H32F3N5O2. The Morgan fingerprint density at radius 3 is 2.22 bits per heavy atom. The molecule has 0 spiro atoms. The van der Waals surface area contributed by atoms with E-state index in [1.807, 2.05) is 30.3 Å². The number of rotatable bonds is 7. The molecule has 1 heterocycles. The summed E-state index contributed by atoms with van der Waals surface area (Å²) in [5, 5.41) is 0.400. The molecule has 0 saturated heterocycles. The molecule has 41 heavy (non-hydrogen) atoms. The highest BCUT2D eigenvalue weighted by atomic mass is 19.4. The zero-order valence-corrected chi connectivity index (χ0v) is 22.4. The third kappa shape index (κ3) is 5.97. The average Bonchev–Trinajstić information content (AvgIpc) is 2.97. The number of para-hydroxylation sites is 1. The van der Waals surface area contributed by atoms with Crippen molar-refractivity contribution in [1.82, 2.24) is 14.5 Å². The summed E-state index contributed by atoms with van der Waals surface area (Å²) in [5.74, 6) is 0.231. The third-order valence-corrected chi connectivity index (χ3v) is 7.82. The molecule has 0 aliphatic heterocycles. The van der Waals surface area contributed by atoms with E-state index in [1.165, 1.54) is 21.6 Å². The van der Waals surface area contributed by atoms with Crippen LogP contribution in [0.4, 0.5) is 18.0 Å². The second-order valence-electron chi connectivity index (χ2n) is 10.5. The lowest BCUT2D eigenvalue weighted by molar-refractivity contribution is -0.137. The molecule has 214 valence electrons. The van der Waals surface area contributed by atoms with E-state index < -0.39 is 29.9 Å². The van der Waals surface area contributed by atoms with Gasteiger partial charge in [-0.1, -0.05) is 73.9 Å². The van der Waals surface area contributed by atoms with Crippen molar-refractivity contribution in [3.8, 4) is 0 Å². The first-order chi connectivity index (χ1) is 19.6. The molecule has 3 aromatic carbocycles. The second-order valence-corrected chi connectivity index (χ2v) is 10.5. The summed E-state index contributed by atoms with van der Waals surface area (Å²) in [6.07, 6.45) is -0.340.